The number of benzene rings is 1. The van der Waals surface area contributed by atoms with E-state index in [1.165, 1.54) is 19.3 Å². The second-order valence-electron chi connectivity index (χ2n) is 4.96. The van der Waals surface area contributed by atoms with E-state index < -0.39 is 0 Å². The van der Waals surface area contributed by atoms with E-state index in [4.69, 9.17) is 0 Å². The Morgan fingerprint density at radius 1 is 1.41 bits per heavy atom. The Labute approximate surface area is 104 Å². The van der Waals surface area contributed by atoms with Crippen LogP contribution in [0.2, 0.25) is 0 Å². The fourth-order valence-electron chi connectivity index (χ4n) is 2.74. The number of para-hydroxylation sites is 1. The van der Waals surface area contributed by atoms with E-state index in [1.807, 2.05) is 18.2 Å². The maximum Gasteiger partial charge on any atom is 0.161 e. The molecule has 1 aliphatic rings. The molecule has 1 fully saturated rings. The Hall–Kier alpha value is -1.31. The van der Waals surface area contributed by atoms with Gasteiger partial charge in [-0.05, 0) is 37.8 Å². The molecule has 0 saturated carbocycles. The molecule has 1 heterocycles. The van der Waals surface area contributed by atoms with Crippen molar-refractivity contribution in [1.82, 2.24) is 0 Å². The lowest BCUT2D eigenvalue weighted by Crippen LogP contribution is -2.21. The zero-order chi connectivity index (χ0) is 12.3. The second kappa shape index (κ2) is 5.35. The predicted octanol–water partition coefficient (Wildman–Crippen LogP) is 3.52. The third-order valence-corrected chi connectivity index (χ3v) is 3.61. The molecule has 2 nitrogen and oxygen atoms in total. The number of Topliss-reactive ketones (excluding diaryl/α,β-unsaturated/α-hetero) is 1. The van der Waals surface area contributed by atoms with Crippen LogP contribution in [0, 0.1) is 5.92 Å². The maximum absolute atomic E-state index is 11.6. The first-order chi connectivity index (χ1) is 8.22. The topological polar surface area (TPSA) is 20.3 Å². The van der Waals surface area contributed by atoms with E-state index in [9.17, 15) is 4.79 Å². The molecule has 17 heavy (non-hydrogen) atoms. The molecular formula is C15H21NO. The fraction of sp³-hybridized carbons (Fsp3) is 0.533. The van der Waals surface area contributed by atoms with Crippen molar-refractivity contribution in [2.75, 3.05) is 18.0 Å². The first kappa shape index (κ1) is 12.2. The summed E-state index contributed by atoms with van der Waals surface area (Å²) < 4.78 is 0. The molecular weight excluding hydrogens is 210 g/mol. The first-order valence-electron chi connectivity index (χ1n) is 6.57. The number of anilines is 1. The summed E-state index contributed by atoms with van der Waals surface area (Å²) in [6.45, 7) is 6.09. The summed E-state index contributed by atoms with van der Waals surface area (Å²) in [6.07, 6.45) is 3.83. The molecule has 2 heteroatoms. The van der Waals surface area contributed by atoms with Gasteiger partial charge in [0.15, 0.2) is 5.78 Å². The van der Waals surface area contributed by atoms with Gasteiger partial charge in [0.25, 0.3) is 0 Å². The third-order valence-electron chi connectivity index (χ3n) is 3.61. The summed E-state index contributed by atoms with van der Waals surface area (Å²) in [6, 6.07) is 7.98. The summed E-state index contributed by atoms with van der Waals surface area (Å²) in [5.74, 6) is 0.972. The Bertz CT molecular complexity index is 400. The Morgan fingerprint density at radius 3 is 2.88 bits per heavy atom. The largest absolute Gasteiger partial charge is 0.371 e. The maximum atomic E-state index is 11.6. The molecule has 1 aromatic carbocycles. The SMILES string of the molecule is CCCC1CCN(c2ccccc2C(C)=O)C1. The zero-order valence-electron chi connectivity index (χ0n) is 10.8. The number of hydrogen-bond donors (Lipinski definition) is 0. The van der Waals surface area contributed by atoms with Crippen molar-refractivity contribution in [3.63, 3.8) is 0 Å². The number of carbonyl (C=O) groups is 1. The molecule has 2 rings (SSSR count). The Morgan fingerprint density at radius 2 is 2.18 bits per heavy atom. The van der Waals surface area contributed by atoms with Crippen LogP contribution in [-0.2, 0) is 0 Å². The minimum atomic E-state index is 0.166. The average molecular weight is 231 g/mol. The van der Waals surface area contributed by atoms with Crippen molar-refractivity contribution >= 4 is 11.5 Å². The monoisotopic (exact) mass is 231 g/mol. The number of carbonyl (C=O) groups excluding carboxylic acids is 1. The number of nitrogens with zero attached hydrogens (tertiary/aromatic N) is 1. The number of hydrogen-bond acceptors (Lipinski definition) is 2. The molecule has 0 amide bonds. The fourth-order valence-corrected chi connectivity index (χ4v) is 2.74. The summed E-state index contributed by atoms with van der Waals surface area (Å²) in [7, 11) is 0. The van der Waals surface area contributed by atoms with Crippen LogP contribution >= 0.6 is 0 Å². The highest BCUT2D eigenvalue weighted by Crippen LogP contribution is 2.29. The molecule has 0 bridgehead atoms. The van der Waals surface area contributed by atoms with Gasteiger partial charge in [0.1, 0.15) is 0 Å². The van der Waals surface area contributed by atoms with E-state index >= 15 is 0 Å². The highest BCUT2D eigenvalue weighted by Gasteiger charge is 2.23. The van der Waals surface area contributed by atoms with Gasteiger partial charge >= 0.3 is 0 Å². The van der Waals surface area contributed by atoms with Gasteiger partial charge in [0, 0.05) is 24.3 Å². The Balaban J connectivity index is 2.16. The first-order valence-corrected chi connectivity index (χ1v) is 6.57. The highest BCUT2D eigenvalue weighted by molar-refractivity contribution is 5.99. The van der Waals surface area contributed by atoms with Crippen molar-refractivity contribution < 1.29 is 4.79 Å². The van der Waals surface area contributed by atoms with Crippen LogP contribution in [-0.4, -0.2) is 18.9 Å². The lowest BCUT2D eigenvalue weighted by Gasteiger charge is -2.21. The van der Waals surface area contributed by atoms with Crippen LogP contribution in [0.15, 0.2) is 24.3 Å². The number of ketones is 1. The molecule has 1 aromatic rings. The summed E-state index contributed by atoms with van der Waals surface area (Å²) in [5, 5.41) is 0. The molecule has 92 valence electrons. The van der Waals surface area contributed by atoms with Crippen LogP contribution in [0.25, 0.3) is 0 Å². The van der Waals surface area contributed by atoms with Gasteiger partial charge in [-0.2, -0.15) is 0 Å². The molecule has 0 aliphatic carbocycles. The molecule has 0 aromatic heterocycles. The third kappa shape index (κ3) is 2.68. The molecule has 0 N–H and O–H groups in total. The van der Waals surface area contributed by atoms with Gasteiger partial charge in [0.05, 0.1) is 0 Å². The van der Waals surface area contributed by atoms with Gasteiger partial charge in [-0.3, -0.25) is 4.79 Å². The quantitative estimate of drug-likeness (QED) is 0.739. The number of rotatable bonds is 4. The molecule has 1 atom stereocenters. The van der Waals surface area contributed by atoms with Crippen molar-refractivity contribution in [3.05, 3.63) is 29.8 Å². The normalized spacial score (nSPS) is 19.6. The Kier molecular flexibility index (Phi) is 3.82. The van der Waals surface area contributed by atoms with Crippen molar-refractivity contribution in [1.29, 1.82) is 0 Å². The molecule has 1 unspecified atom stereocenters. The van der Waals surface area contributed by atoms with E-state index in [0.29, 0.717) is 0 Å². The van der Waals surface area contributed by atoms with Crippen LogP contribution in [0.5, 0.6) is 0 Å². The molecule has 1 aliphatic heterocycles. The van der Waals surface area contributed by atoms with Gasteiger partial charge < -0.3 is 4.90 Å². The van der Waals surface area contributed by atoms with Gasteiger partial charge in [0.2, 0.25) is 0 Å². The predicted molar refractivity (Wildman–Crippen MR) is 71.7 cm³/mol. The van der Waals surface area contributed by atoms with E-state index in [1.54, 1.807) is 6.92 Å². The van der Waals surface area contributed by atoms with Crippen molar-refractivity contribution in [2.45, 2.75) is 33.1 Å². The molecule has 0 spiro atoms. The second-order valence-corrected chi connectivity index (χ2v) is 4.96. The van der Waals surface area contributed by atoms with Crippen molar-refractivity contribution in [3.8, 4) is 0 Å². The van der Waals surface area contributed by atoms with Crippen LogP contribution in [0.3, 0.4) is 0 Å². The molecule has 0 radical (unpaired) electrons. The van der Waals surface area contributed by atoms with E-state index in [0.717, 1.165) is 30.3 Å². The van der Waals surface area contributed by atoms with Gasteiger partial charge in [-0.25, -0.2) is 0 Å². The minimum absolute atomic E-state index is 0.166. The highest BCUT2D eigenvalue weighted by atomic mass is 16.1. The summed E-state index contributed by atoms with van der Waals surface area (Å²) in [4.78, 5) is 14.0. The standard InChI is InChI=1S/C15H21NO/c1-3-6-13-9-10-16(11-13)15-8-5-4-7-14(15)12(2)17/h4-5,7-8,13H,3,6,9-11H2,1-2H3. The lowest BCUT2D eigenvalue weighted by atomic mass is 10.0. The smallest absolute Gasteiger partial charge is 0.161 e. The van der Waals surface area contributed by atoms with Gasteiger partial charge in [-0.1, -0.05) is 25.5 Å². The van der Waals surface area contributed by atoms with Crippen LogP contribution < -0.4 is 4.90 Å². The molecule has 1 saturated heterocycles. The average Bonchev–Trinajstić information content (AvgIpc) is 2.78. The van der Waals surface area contributed by atoms with E-state index in [-0.39, 0.29) is 5.78 Å². The minimum Gasteiger partial charge on any atom is -0.371 e. The van der Waals surface area contributed by atoms with Crippen LogP contribution in [0.4, 0.5) is 5.69 Å². The summed E-state index contributed by atoms with van der Waals surface area (Å²) in [5.41, 5.74) is 1.99. The van der Waals surface area contributed by atoms with Gasteiger partial charge in [-0.15, -0.1) is 0 Å². The summed E-state index contributed by atoms with van der Waals surface area (Å²) >= 11 is 0. The lowest BCUT2D eigenvalue weighted by molar-refractivity contribution is 0.101. The van der Waals surface area contributed by atoms with Crippen molar-refractivity contribution in [2.24, 2.45) is 5.92 Å². The zero-order valence-corrected chi connectivity index (χ0v) is 10.8. The van der Waals surface area contributed by atoms with Crippen LogP contribution in [0.1, 0.15) is 43.5 Å². The van der Waals surface area contributed by atoms with E-state index in [2.05, 4.69) is 17.9 Å².